The van der Waals surface area contributed by atoms with Gasteiger partial charge < -0.3 is 10.2 Å². The van der Waals surface area contributed by atoms with Gasteiger partial charge in [-0.05, 0) is 62.4 Å². The Balaban J connectivity index is 1.86. The van der Waals surface area contributed by atoms with E-state index in [1.807, 2.05) is 19.2 Å². The number of thioether (sulfide) groups is 1. The predicted molar refractivity (Wildman–Crippen MR) is 81.8 cm³/mol. The fourth-order valence-electron chi connectivity index (χ4n) is 2.41. The van der Waals surface area contributed by atoms with Crippen molar-refractivity contribution in [2.45, 2.75) is 24.2 Å². The summed E-state index contributed by atoms with van der Waals surface area (Å²) in [5.74, 6) is 0.889. The van der Waals surface area contributed by atoms with Gasteiger partial charge in [-0.3, -0.25) is 4.79 Å². The summed E-state index contributed by atoms with van der Waals surface area (Å²) in [4.78, 5) is 15.1. The van der Waals surface area contributed by atoms with E-state index in [9.17, 15) is 4.79 Å². The summed E-state index contributed by atoms with van der Waals surface area (Å²) in [6.45, 7) is 2.17. The van der Waals surface area contributed by atoms with Crippen LogP contribution in [0.1, 0.15) is 19.3 Å². The largest absolute Gasteiger partial charge is 0.316 e. The molecule has 0 aliphatic carbocycles. The second-order valence-corrected chi connectivity index (χ2v) is 5.93. The molecule has 1 aromatic carbocycles. The molecule has 1 amide bonds. The summed E-state index contributed by atoms with van der Waals surface area (Å²) < 4.78 is 0. The third kappa shape index (κ3) is 3.98. The van der Waals surface area contributed by atoms with Crippen molar-refractivity contribution in [3.8, 4) is 0 Å². The number of carbonyl (C=O) groups excluding carboxylic acids is 1. The minimum Gasteiger partial charge on any atom is -0.316 e. The molecule has 1 aliphatic rings. The molecule has 1 aliphatic heterocycles. The molecule has 0 spiro atoms. The number of anilines is 1. The maximum atomic E-state index is 12.2. The van der Waals surface area contributed by atoms with Crippen molar-refractivity contribution in [3.63, 3.8) is 0 Å². The zero-order valence-corrected chi connectivity index (χ0v) is 12.5. The van der Waals surface area contributed by atoms with Crippen LogP contribution in [0.25, 0.3) is 0 Å². The zero-order chi connectivity index (χ0) is 13.7. The van der Waals surface area contributed by atoms with Crippen molar-refractivity contribution in [3.05, 3.63) is 24.3 Å². The second kappa shape index (κ2) is 6.96. The van der Waals surface area contributed by atoms with Crippen molar-refractivity contribution in [2.75, 3.05) is 31.3 Å². The first-order chi connectivity index (χ1) is 9.20. The Hall–Kier alpha value is -1.00. The van der Waals surface area contributed by atoms with E-state index < -0.39 is 0 Å². The van der Waals surface area contributed by atoms with E-state index in [2.05, 4.69) is 23.7 Å². The highest BCUT2D eigenvalue weighted by atomic mass is 32.2. The third-order valence-corrected chi connectivity index (χ3v) is 4.51. The van der Waals surface area contributed by atoms with Gasteiger partial charge in [-0.1, -0.05) is 0 Å². The van der Waals surface area contributed by atoms with Gasteiger partial charge in [0.05, 0.1) is 0 Å². The highest BCUT2D eigenvalue weighted by molar-refractivity contribution is 7.98. The molecule has 3 nitrogen and oxygen atoms in total. The van der Waals surface area contributed by atoms with Crippen LogP contribution in [0.4, 0.5) is 5.69 Å². The highest BCUT2D eigenvalue weighted by Crippen LogP contribution is 2.21. The third-order valence-electron chi connectivity index (χ3n) is 3.76. The smallest absolute Gasteiger partial charge is 0.226 e. The van der Waals surface area contributed by atoms with Gasteiger partial charge in [0.2, 0.25) is 5.91 Å². The van der Waals surface area contributed by atoms with E-state index in [0.29, 0.717) is 12.3 Å². The van der Waals surface area contributed by atoms with Crippen molar-refractivity contribution < 1.29 is 4.79 Å². The van der Waals surface area contributed by atoms with Crippen molar-refractivity contribution >= 4 is 23.4 Å². The Morgan fingerprint density at radius 3 is 2.74 bits per heavy atom. The standard InChI is InChI=1S/C15H22N2OS/c1-17(13-4-6-14(19-2)7-5-13)15(18)8-3-12-9-10-16-11-12/h4-7,12,16H,3,8-11H2,1-2H3. The summed E-state index contributed by atoms with van der Waals surface area (Å²) in [5.41, 5.74) is 0.979. The van der Waals surface area contributed by atoms with Crippen molar-refractivity contribution in [2.24, 2.45) is 5.92 Å². The topological polar surface area (TPSA) is 32.3 Å². The summed E-state index contributed by atoms with van der Waals surface area (Å²) in [5, 5.41) is 3.34. The molecule has 104 valence electrons. The van der Waals surface area contributed by atoms with Crippen molar-refractivity contribution in [1.82, 2.24) is 5.32 Å². The molecule has 2 rings (SSSR count). The van der Waals surface area contributed by atoms with Gasteiger partial charge in [-0.2, -0.15) is 0 Å². The van der Waals surface area contributed by atoms with Gasteiger partial charge in [0.1, 0.15) is 0 Å². The lowest BCUT2D eigenvalue weighted by Crippen LogP contribution is -2.26. The van der Waals surface area contributed by atoms with E-state index in [1.165, 1.54) is 11.3 Å². The highest BCUT2D eigenvalue weighted by Gasteiger charge is 2.17. The molecular formula is C15H22N2OS. The number of amides is 1. The molecule has 0 radical (unpaired) electrons. The number of benzene rings is 1. The number of carbonyl (C=O) groups is 1. The fourth-order valence-corrected chi connectivity index (χ4v) is 2.81. The first-order valence-electron chi connectivity index (χ1n) is 6.82. The molecule has 1 unspecified atom stereocenters. The van der Waals surface area contributed by atoms with Crippen LogP contribution in [0.2, 0.25) is 0 Å². The Bertz CT molecular complexity index is 413. The van der Waals surface area contributed by atoms with E-state index in [0.717, 1.165) is 25.2 Å². The molecule has 0 aromatic heterocycles. The maximum absolute atomic E-state index is 12.2. The molecule has 4 heteroatoms. The average molecular weight is 278 g/mol. The number of rotatable bonds is 5. The number of hydrogen-bond acceptors (Lipinski definition) is 3. The van der Waals surface area contributed by atoms with Gasteiger partial charge >= 0.3 is 0 Å². The molecule has 0 saturated carbocycles. The van der Waals surface area contributed by atoms with Gasteiger partial charge in [0, 0.05) is 24.1 Å². The summed E-state index contributed by atoms with van der Waals surface area (Å²) in [6.07, 6.45) is 4.91. The average Bonchev–Trinajstić information content (AvgIpc) is 2.97. The minimum absolute atomic E-state index is 0.212. The van der Waals surface area contributed by atoms with Gasteiger partial charge in [0.25, 0.3) is 0 Å². The Kier molecular flexibility index (Phi) is 5.28. The van der Waals surface area contributed by atoms with Gasteiger partial charge in [-0.15, -0.1) is 11.8 Å². The lowest BCUT2D eigenvalue weighted by Gasteiger charge is -2.18. The number of hydrogen-bond donors (Lipinski definition) is 1. The summed E-state index contributed by atoms with van der Waals surface area (Å²) in [6, 6.07) is 8.15. The first kappa shape index (κ1) is 14.4. The van der Waals surface area contributed by atoms with E-state index in [-0.39, 0.29) is 5.91 Å². The normalized spacial score (nSPS) is 18.5. The SMILES string of the molecule is CSc1ccc(N(C)C(=O)CCC2CCNC2)cc1. The minimum atomic E-state index is 0.212. The quantitative estimate of drug-likeness (QED) is 0.841. The lowest BCUT2D eigenvalue weighted by molar-refractivity contribution is -0.118. The molecule has 19 heavy (non-hydrogen) atoms. The molecule has 1 saturated heterocycles. The molecule has 1 heterocycles. The van der Waals surface area contributed by atoms with E-state index in [1.54, 1.807) is 16.7 Å². The molecule has 1 N–H and O–H groups in total. The number of nitrogens with one attached hydrogen (secondary N) is 1. The lowest BCUT2D eigenvalue weighted by atomic mass is 10.0. The molecular weight excluding hydrogens is 256 g/mol. The summed E-state index contributed by atoms with van der Waals surface area (Å²) >= 11 is 1.71. The molecule has 0 bridgehead atoms. The van der Waals surface area contributed by atoms with Crippen LogP contribution in [0.5, 0.6) is 0 Å². The second-order valence-electron chi connectivity index (χ2n) is 5.05. The Morgan fingerprint density at radius 1 is 1.42 bits per heavy atom. The van der Waals surface area contributed by atoms with Crippen LogP contribution in [0.3, 0.4) is 0 Å². The maximum Gasteiger partial charge on any atom is 0.226 e. The van der Waals surface area contributed by atoms with Gasteiger partial charge in [0.15, 0.2) is 0 Å². The molecule has 1 aromatic rings. The number of nitrogens with zero attached hydrogens (tertiary/aromatic N) is 1. The molecule has 1 fully saturated rings. The fraction of sp³-hybridized carbons (Fsp3) is 0.533. The van der Waals surface area contributed by atoms with Crippen molar-refractivity contribution in [1.29, 1.82) is 0 Å². The van der Waals surface area contributed by atoms with E-state index in [4.69, 9.17) is 0 Å². The van der Waals surface area contributed by atoms with Crippen LogP contribution in [0.15, 0.2) is 29.2 Å². The predicted octanol–water partition coefficient (Wildman–Crippen LogP) is 2.76. The Labute approximate surface area is 119 Å². The van der Waals surface area contributed by atoms with Crippen LogP contribution >= 0.6 is 11.8 Å². The Morgan fingerprint density at radius 2 is 2.16 bits per heavy atom. The molecule has 1 atom stereocenters. The zero-order valence-electron chi connectivity index (χ0n) is 11.7. The summed E-state index contributed by atoms with van der Waals surface area (Å²) in [7, 11) is 1.86. The van der Waals surface area contributed by atoms with Gasteiger partial charge in [-0.25, -0.2) is 0 Å². The van der Waals surface area contributed by atoms with Crippen LogP contribution in [0, 0.1) is 5.92 Å². The van der Waals surface area contributed by atoms with Crippen LogP contribution in [-0.4, -0.2) is 32.3 Å². The van der Waals surface area contributed by atoms with Crippen LogP contribution in [-0.2, 0) is 4.79 Å². The van der Waals surface area contributed by atoms with E-state index >= 15 is 0 Å². The monoisotopic (exact) mass is 278 g/mol. The van der Waals surface area contributed by atoms with Crippen LogP contribution < -0.4 is 10.2 Å². The first-order valence-corrected chi connectivity index (χ1v) is 8.04.